The Hall–Kier alpha value is -3.84. The van der Waals surface area contributed by atoms with E-state index < -0.39 is 0 Å². The van der Waals surface area contributed by atoms with Crippen molar-refractivity contribution in [3.63, 3.8) is 0 Å². The van der Waals surface area contributed by atoms with Crippen LogP contribution in [-0.4, -0.2) is 5.91 Å². The van der Waals surface area contributed by atoms with Gasteiger partial charge in [0.1, 0.15) is 11.5 Å². The molecule has 1 amide bonds. The van der Waals surface area contributed by atoms with Crippen LogP contribution in [0.4, 0.5) is 5.69 Å². The lowest BCUT2D eigenvalue weighted by Crippen LogP contribution is -2.30. The fourth-order valence-corrected chi connectivity index (χ4v) is 3.00. The third kappa shape index (κ3) is 3.44. The topological polar surface area (TPSA) is 53.3 Å². The zero-order valence-electron chi connectivity index (χ0n) is 14.5. The fourth-order valence-electron chi connectivity index (χ4n) is 3.00. The minimum Gasteiger partial charge on any atom is -0.456 e. The molecule has 0 aliphatic carbocycles. The number of rotatable bonds is 2. The number of hydrogen-bond acceptors (Lipinski definition) is 3. The van der Waals surface area contributed by atoms with Gasteiger partial charge in [0, 0.05) is 22.9 Å². The number of para-hydroxylation sites is 1. The maximum absolute atomic E-state index is 13.0. The van der Waals surface area contributed by atoms with E-state index in [1.165, 1.54) is 6.08 Å². The van der Waals surface area contributed by atoms with Crippen LogP contribution in [0.3, 0.4) is 0 Å². The molecular formula is C23H16N2O2. The highest BCUT2D eigenvalue weighted by molar-refractivity contribution is 6.05. The molecule has 130 valence electrons. The summed E-state index contributed by atoms with van der Waals surface area (Å²) in [6.07, 6.45) is 1.52. The third-order valence-corrected chi connectivity index (χ3v) is 4.41. The number of nitrogens with zero attached hydrogens (tertiary/aromatic N) is 2. The van der Waals surface area contributed by atoms with Crippen LogP contribution < -0.4 is 9.64 Å². The summed E-state index contributed by atoms with van der Waals surface area (Å²) in [6.45, 7) is 0.388. The molecule has 0 aromatic heterocycles. The van der Waals surface area contributed by atoms with Crippen LogP contribution in [0.15, 0.2) is 84.9 Å². The van der Waals surface area contributed by atoms with E-state index in [9.17, 15) is 4.79 Å². The highest BCUT2D eigenvalue weighted by atomic mass is 16.5. The second-order valence-corrected chi connectivity index (χ2v) is 6.17. The van der Waals surface area contributed by atoms with Gasteiger partial charge in [-0.2, -0.15) is 5.26 Å². The van der Waals surface area contributed by atoms with Crippen molar-refractivity contribution in [2.24, 2.45) is 0 Å². The van der Waals surface area contributed by atoms with Crippen molar-refractivity contribution in [1.82, 2.24) is 0 Å². The van der Waals surface area contributed by atoms with E-state index in [1.807, 2.05) is 54.6 Å². The molecule has 0 saturated heterocycles. The van der Waals surface area contributed by atoms with Crippen LogP contribution >= 0.6 is 0 Å². The number of nitriles is 1. The van der Waals surface area contributed by atoms with Gasteiger partial charge in [-0.05, 0) is 30.3 Å². The van der Waals surface area contributed by atoms with Gasteiger partial charge in [0.25, 0.3) is 5.91 Å². The first-order chi connectivity index (χ1) is 13.2. The lowest BCUT2D eigenvalue weighted by Gasteiger charge is -2.26. The number of anilines is 1. The predicted molar refractivity (Wildman–Crippen MR) is 104 cm³/mol. The van der Waals surface area contributed by atoms with Gasteiger partial charge in [-0.1, -0.05) is 48.5 Å². The van der Waals surface area contributed by atoms with Gasteiger partial charge in [-0.15, -0.1) is 0 Å². The molecule has 4 heteroatoms. The first kappa shape index (κ1) is 16.6. The summed E-state index contributed by atoms with van der Waals surface area (Å²) in [6, 6.07) is 26.4. The first-order valence-corrected chi connectivity index (χ1v) is 8.59. The Morgan fingerprint density at radius 1 is 0.889 bits per heavy atom. The SMILES string of the molecule is N#Cc1ccc(N2Cc3ccccc3O/C(c3ccccc3)=C\C2=O)cc1. The number of ether oxygens (including phenoxy) is 1. The van der Waals surface area contributed by atoms with Crippen molar-refractivity contribution in [2.75, 3.05) is 4.90 Å². The van der Waals surface area contributed by atoms with Crippen LogP contribution in [0.1, 0.15) is 16.7 Å². The van der Waals surface area contributed by atoms with Gasteiger partial charge in [0.15, 0.2) is 0 Å². The zero-order chi connectivity index (χ0) is 18.6. The Kier molecular flexibility index (Phi) is 4.42. The largest absolute Gasteiger partial charge is 0.456 e. The Morgan fingerprint density at radius 3 is 2.33 bits per heavy atom. The average molecular weight is 352 g/mol. The standard InChI is InChI=1S/C23H16N2O2/c24-15-17-10-12-20(13-11-17)25-16-19-8-4-5-9-21(19)27-22(14-23(25)26)18-6-2-1-3-7-18/h1-14H,16H2/b22-14-. The molecule has 4 rings (SSSR count). The lowest BCUT2D eigenvalue weighted by molar-refractivity contribution is -0.114. The second kappa shape index (κ2) is 7.19. The summed E-state index contributed by atoms with van der Waals surface area (Å²) in [5.41, 5.74) is 3.04. The highest BCUT2D eigenvalue weighted by Gasteiger charge is 2.22. The molecular weight excluding hydrogens is 336 g/mol. The fraction of sp³-hybridized carbons (Fsp3) is 0.0435. The van der Waals surface area contributed by atoms with E-state index >= 15 is 0 Å². The normalized spacial score (nSPS) is 15.4. The molecule has 0 bridgehead atoms. The smallest absolute Gasteiger partial charge is 0.255 e. The Morgan fingerprint density at radius 2 is 1.59 bits per heavy atom. The molecule has 1 aliphatic rings. The van der Waals surface area contributed by atoms with Crippen molar-refractivity contribution >= 4 is 17.4 Å². The summed E-state index contributed by atoms with van der Waals surface area (Å²) in [5.74, 6) is 1.05. The van der Waals surface area contributed by atoms with E-state index in [2.05, 4.69) is 6.07 Å². The van der Waals surface area contributed by atoms with Crippen molar-refractivity contribution in [2.45, 2.75) is 6.54 Å². The van der Waals surface area contributed by atoms with Crippen molar-refractivity contribution in [3.8, 4) is 11.8 Å². The number of carbonyl (C=O) groups is 1. The quantitative estimate of drug-likeness (QED) is 0.681. The molecule has 4 nitrogen and oxygen atoms in total. The van der Waals surface area contributed by atoms with E-state index in [0.29, 0.717) is 17.9 Å². The van der Waals surface area contributed by atoms with Crippen molar-refractivity contribution < 1.29 is 9.53 Å². The molecule has 0 unspecified atom stereocenters. The Labute approximate surface area is 157 Å². The molecule has 0 atom stereocenters. The maximum Gasteiger partial charge on any atom is 0.255 e. The molecule has 0 spiro atoms. The number of carbonyl (C=O) groups excluding carboxylic acids is 1. The Balaban J connectivity index is 1.81. The first-order valence-electron chi connectivity index (χ1n) is 8.59. The summed E-state index contributed by atoms with van der Waals surface area (Å²) in [4.78, 5) is 14.7. The maximum atomic E-state index is 13.0. The van der Waals surface area contributed by atoms with E-state index in [0.717, 1.165) is 22.6 Å². The molecule has 0 N–H and O–H groups in total. The van der Waals surface area contributed by atoms with Crippen molar-refractivity contribution in [1.29, 1.82) is 5.26 Å². The van der Waals surface area contributed by atoms with Crippen LogP contribution in [0.2, 0.25) is 0 Å². The predicted octanol–water partition coefficient (Wildman–Crippen LogP) is 4.52. The third-order valence-electron chi connectivity index (χ3n) is 4.41. The molecule has 1 heterocycles. The van der Waals surface area contributed by atoms with Crippen LogP contribution in [0.25, 0.3) is 5.76 Å². The Bertz CT molecular complexity index is 1050. The van der Waals surface area contributed by atoms with E-state index in [4.69, 9.17) is 10.00 Å². The number of fused-ring (bicyclic) bond motifs is 1. The van der Waals surface area contributed by atoms with Gasteiger partial charge in [-0.25, -0.2) is 0 Å². The van der Waals surface area contributed by atoms with Crippen LogP contribution in [0, 0.1) is 11.3 Å². The van der Waals surface area contributed by atoms with Gasteiger partial charge in [0.2, 0.25) is 0 Å². The van der Waals surface area contributed by atoms with Gasteiger partial charge in [0.05, 0.1) is 18.2 Å². The second-order valence-electron chi connectivity index (χ2n) is 6.17. The van der Waals surface area contributed by atoms with E-state index in [-0.39, 0.29) is 5.91 Å². The minimum absolute atomic E-state index is 0.173. The highest BCUT2D eigenvalue weighted by Crippen LogP contribution is 2.30. The van der Waals surface area contributed by atoms with Crippen LogP contribution in [-0.2, 0) is 11.3 Å². The number of benzene rings is 3. The van der Waals surface area contributed by atoms with Crippen molar-refractivity contribution in [3.05, 3.63) is 102 Å². The average Bonchev–Trinajstić information content (AvgIpc) is 2.72. The molecule has 3 aromatic rings. The monoisotopic (exact) mass is 352 g/mol. The molecule has 0 saturated carbocycles. The van der Waals surface area contributed by atoms with Crippen LogP contribution in [0.5, 0.6) is 5.75 Å². The summed E-state index contributed by atoms with van der Waals surface area (Å²) >= 11 is 0. The number of hydrogen-bond donors (Lipinski definition) is 0. The molecule has 3 aromatic carbocycles. The lowest BCUT2D eigenvalue weighted by atomic mass is 10.1. The summed E-state index contributed by atoms with van der Waals surface area (Å²) in [7, 11) is 0. The molecule has 0 radical (unpaired) electrons. The molecule has 1 aliphatic heterocycles. The minimum atomic E-state index is -0.173. The molecule has 27 heavy (non-hydrogen) atoms. The van der Waals surface area contributed by atoms with E-state index in [1.54, 1.807) is 29.2 Å². The van der Waals surface area contributed by atoms with Gasteiger partial charge >= 0.3 is 0 Å². The zero-order valence-corrected chi connectivity index (χ0v) is 14.5. The number of amides is 1. The van der Waals surface area contributed by atoms with Gasteiger partial charge < -0.3 is 9.64 Å². The molecule has 0 fully saturated rings. The van der Waals surface area contributed by atoms with Gasteiger partial charge in [-0.3, -0.25) is 4.79 Å². The summed E-state index contributed by atoms with van der Waals surface area (Å²) in [5, 5.41) is 9.01. The summed E-state index contributed by atoms with van der Waals surface area (Å²) < 4.78 is 6.08.